The van der Waals surface area contributed by atoms with Crippen molar-refractivity contribution >= 4 is 0 Å². The lowest BCUT2D eigenvalue weighted by Gasteiger charge is -2.38. The molecule has 7 heteroatoms. The van der Waals surface area contributed by atoms with E-state index in [-0.39, 0.29) is 6.04 Å². The van der Waals surface area contributed by atoms with E-state index in [4.69, 9.17) is 10.2 Å². The fraction of sp³-hybridized carbons (Fsp3) is 0.692. The van der Waals surface area contributed by atoms with E-state index >= 15 is 0 Å². The van der Waals surface area contributed by atoms with Crippen LogP contribution in [0.2, 0.25) is 0 Å². The summed E-state index contributed by atoms with van der Waals surface area (Å²) in [5.41, 5.74) is 5.79. The van der Waals surface area contributed by atoms with Crippen LogP contribution in [0.25, 0.3) is 0 Å². The summed E-state index contributed by atoms with van der Waals surface area (Å²) in [6.45, 7) is 3.35. The lowest BCUT2D eigenvalue weighted by atomic mass is 10.1. The zero-order valence-corrected chi connectivity index (χ0v) is 11.5. The van der Waals surface area contributed by atoms with Crippen LogP contribution in [0.1, 0.15) is 17.6 Å². The molecule has 1 saturated heterocycles. The Morgan fingerprint density at radius 1 is 1.25 bits per heavy atom. The SMILES string of the molecule is Cc1ccc(C(CN)N2CCN(CC(F)(F)F)CC2)o1. The third-order valence-corrected chi connectivity index (χ3v) is 3.56. The molecular weight excluding hydrogens is 271 g/mol. The van der Waals surface area contributed by atoms with Gasteiger partial charge in [0.05, 0.1) is 12.6 Å². The van der Waals surface area contributed by atoms with Gasteiger partial charge in [-0.25, -0.2) is 0 Å². The number of nitrogens with zero attached hydrogens (tertiary/aromatic N) is 2. The summed E-state index contributed by atoms with van der Waals surface area (Å²) in [4.78, 5) is 3.52. The third-order valence-electron chi connectivity index (χ3n) is 3.56. The second-order valence-electron chi connectivity index (χ2n) is 5.13. The molecule has 0 spiro atoms. The zero-order valence-electron chi connectivity index (χ0n) is 11.5. The minimum Gasteiger partial charge on any atom is -0.465 e. The maximum absolute atomic E-state index is 12.3. The highest BCUT2D eigenvalue weighted by Gasteiger charge is 2.33. The Morgan fingerprint density at radius 2 is 1.90 bits per heavy atom. The monoisotopic (exact) mass is 291 g/mol. The van der Waals surface area contributed by atoms with Crippen molar-refractivity contribution in [2.45, 2.75) is 19.1 Å². The Labute approximate surface area is 116 Å². The van der Waals surface area contributed by atoms with Gasteiger partial charge < -0.3 is 10.2 Å². The zero-order chi connectivity index (χ0) is 14.8. The Balaban J connectivity index is 1.92. The largest absolute Gasteiger partial charge is 0.465 e. The van der Waals surface area contributed by atoms with Crippen molar-refractivity contribution < 1.29 is 17.6 Å². The highest BCUT2D eigenvalue weighted by Crippen LogP contribution is 2.24. The van der Waals surface area contributed by atoms with Crippen molar-refractivity contribution in [1.82, 2.24) is 9.80 Å². The first-order chi connectivity index (χ1) is 9.39. The molecule has 0 amide bonds. The predicted octanol–water partition coefficient (Wildman–Crippen LogP) is 1.77. The van der Waals surface area contributed by atoms with E-state index in [1.165, 1.54) is 4.90 Å². The molecule has 4 nitrogen and oxygen atoms in total. The topological polar surface area (TPSA) is 45.6 Å². The predicted molar refractivity (Wildman–Crippen MR) is 69.3 cm³/mol. The molecule has 1 aromatic heterocycles. The molecule has 1 aromatic rings. The molecule has 0 bridgehead atoms. The molecule has 0 aliphatic carbocycles. The number of furan rings is 1. The normalized spacial score (nSPS) is 20.2. The Hall–Kier alpha value is -1.05. The first-order valence-electron chi connectivity index (χ1n) is 6.68. The van der Waals surface area contributed by atoms with E-state index in [2.05, 4.69) is 4.90 Å². The van der Waals surface area contributed by atoms with Gasteiger partial charge in [0.1, 0.15) is 11.5 Å². The van der Waals surface area contributed by atoms with Gasteiger partial charge in [-0.15, -0.1) is 0 Å². The fourth-order valence-corrected chi connectivity index (χ4v) is 2.56. The maximum Gasteiger partial charge on any atom is 0.401 e. The van der Waals surface area contributed by atoms with Crippen molar-refractivity contribution in [3.8, 4) is 0 Å². The van der Waals surface area contributed by atoms with Crippen molar-refractivity contribution in [2.75, 3.05) is 39.3 Å². The molecule has 1 aliphatic heterocycles. The molecule has 114 valence electrons. The first kappa shape index (κ1) is 15.3. The van der Waals surface area contributed by atoms with Crippen LogP contribution in [0.3, 0.4) is 0 Å². The van der Waals surface area contributed by atoms with Gasteiger partial charge in [0.15, 0.2) is 0 Å². The van der Waals surface area contributed by atoms with Crippen LogP contribution in [-0.2, 0) is 0 Å². The van der Waals surface area contributed by atoms with Crippen LogP contribution in [0.4, 0.5) is 13.2 Å². The summed E-state index contributed by atoms with van der Waals surface area (Å²) in [6, 6.07) is 3.70. The third kappa shape index (κ3) is 3.97. The number of rotatable bonds is 4. The lowest BCUT2D eigenvalue weighted by Crippen LogP contribution is -2.51. The highest BCUT2D eigenvalue weighted by molar-refractivity contribution is 5.10. The van der Waals surface area contributed by atoms with E-state index in [0.717, 1.165) is 11.5 Å². The molecule has 20 heavy (non-hydrogen) atoms. The van der Waals surface area contributed by atoms with Gasteiger partial charge in [0.25, 0.3) is 0 Å². The van der Waals surface area contributed by atoms with Gasteiger partial charge in [-0.05, 0) is 19.1 Å². The molecule has 0 aromatic carbocycles. The van der Waals surface area contributed by atoms with Gasteiger partial charge in [-0.1, -0.05) is 0 Å². The molecule has 0 saturated carbocycles. The Kier molecular flexibility index (Phi) is 4.72. The Morgan fingerprint density at radius 3 is 2.35 bits per heavy atom. The summed E-state index contributed by atoms with van der Waals surface area (Å²) in [6.07, 6.45) is -4.13. The van der Waals surface area contributed by atoms with E-state index in [1.54, 1.807) is 0 Å². The number of aryl methyl sites for hydroxylation is 1. The van der Waals surface area contributed by atoms with Crippen molar-refractivity contribution in [3.63, 3.8) is 0 Å². The molecule has 1 unspecified atom stereocenters. The standard InChI is InChI=1S/C13H20F3N3O/c1-10-2-3-12(20-10)11(8-17)19-6-4-18(5-7-19)9-13(14,15)16/h2-3,11H,4-9,17H2,1H3. The molecule has 2 heterocycles. The van der Waals surface area contributed by atoms with Gasteiger partial charge in [0.2, 0.25) is 0 Å². The van der Waals surface area contributed by atoms with Crippen LogP contribution in [-0.4, -0.2) is 55.2 Å². The van der Waals surface area contributed by atoms with Gasteiger partial charge in [0, 0.05) is 32.7 Å². The number of hydrogen-bond acceptors (Lipinski definition) is 4. The smallest absolute Gasteiger partial charge is 0.401 e. The summed E-state index contributed by atoms with van der Waals surface area (Å²) in [5.74, 6) is 1.60. The summed E-state index contributed by atoms with van der Waals surface area (Å²) < 4.78 is 42.6. The number of alkyl halides is 3. The first-order valence-corrected chi connectivity index (χ1v) is 6.68. The van der Waals surface area contributed by atoms with Crippen LogP contribution < -0.4 is 5.73 Å². The molecular formula is C13H20F3N3O. The molecule has 1 aliphatic rings. The minimum absolute atomic E-state index is 0.0586. The minimum atomic E-state index is -4.13. The van der Waals surface area contributed by atoms with E-state index in [9.17, 15) is 13.2 Å². The van der Waals surface area contributed by atoms with Crippen LogP contribution in [0.5, 0.6) is 0 Å². The number of nitrogens with two attached hydrogens (primary N) is 1. The second-order valence-corrected chi connectivity index (χ2v) is 5.13. The summed E-state index contributed by atoms with van der Waals surface area (Å²) in [5, 5.41) is 0. The quantitative estimate of drug-likeness (QED) is 0.918. The average molecular weight is 291 g/mol. The molecule has 2 N–H and O–H groups in total. The summed E-state index contributed by atoms with van der Waals surface area (Å²) >= 11 is 0. The van der Waals surface area contributed by atoms with Gasteiger partial charge in [-0.3, -0.25) is 9.80 Å². The lowest BCUT2D eigenvalue weighted by molar-refractivity contribution is -0.150. The van der Waals surface area contributed by atoms with Crippen molar-refractivity contribution in [3.05, 3.63) is 23.7 Å². The van der Waals surface area contributed by atoms with Crippen LogP contribution in [0, 0.1) is 6.92 Å². The average Bonchev–Trinajstić information content (AvgIpc) is 2.77. The van der Waals surface area contributed by atoms with Crippen LogP contribution >= 0.6 is 0 Å². The summed E-state index contributed by atoms with van der Waals surface area (Å²) in [7, 11) is 0. The fourth-order valence-electron chi connectivity index (χ4n) is 2.56. The molecule has 0 radical (unpaired) electrons. The highest BCUT2D eigenvalue weighted by atomic mass is 19.4. The van der Waals surface area contributed by atoms with Gasteiger partial charge in [-0.2, -0.15) is 13.2 Å². The number of piperazine rings is 1. The van der Waals surface area contributed by atoms with Crippen molar-refractivity contribution in [2.24, 2.45) is 5.73 Å². The van der Waals surface area contributed by atoms with Gasteiger partial charge >= 0.3 is 6.18 Å². The molecule has 1 atom stereocenters. The van der Waals surface area contributed by atoms with E-state index in [0.29, 0.717) is 32.7 Å². The van der Waals surface area contributed by atoms with E-state index < -0.39 is 12.7 Å². The Bertz CT molecular complexity index is 425. The second kappa shape index (κ2) is 6.15. The van der Waals surface area contributed by atoms with Crippen LogP contribution in [0.15, 0.2) is 16.5 Å². The molecule has 1 fully saturated rings. The number of halogens is 3. The van der Waals surface area contributed by atoms with E-state index in [1.807, 2.05) is 19.1 Å². The van der Waals surface area contributed by atoms with Crippen molar-refractivity contribution in [1.29, 1.82) is 0 Å². The maximum atomic E-state index is 12.3. The molecule has 2 rings (SSSR count). The number of hydrogen-bond donors (Lipinski definition) is 1.